The van der Waals surface area contributed by atoms with Gasteiger partial charge in [0.1, 0.15) is 18.8 Å². The van der Waals surface area contributed by atoms with Crippen LogP contribution in [-0.4, -0.2) is 57.8 Å². The number of hydrogen-bond acceptors (Lipinski definition) is 6. The zero-order valence-electron chi connectivity index (χ0n) is 18.5. The Morgan fingerprint density at radius 3 is 1.52 bits per heavy atom. The Morgan fingerprint density at radius 1 is 0.793 bits per heavy atom. The number of aliphatic hydroxyl groups excluding tert-OH is 3. The van der Waals surface area contributed by atoms with Crippen molar-refractivity contribution in [2.75, 3.05) is 13.2 Å². The molecule has 0 aliphatic heterocycles. The number of carboxylic acid groups (broad SMARTS) is 1. The highest BCUT2D eigenvalue weighted by atomic mass is 16.5. The van der Waals surface area contributed by atoms with Gasteiger partial charge in [-0.05, 0) is 13.3 Å². The molecule has 0 heterocycles. The molecule has 2 atom stereocenters. The van der Waals surface area contributed by atoms with E-state index in [4.69, 9.17) is 25.2 Å². The second-order valence-electron chi connectivity index (χ2n) is 7.53. The molecular formula is C22H44O7. The maximum Gasteiger partial charge on any atom is 0.332 e. The standard InChI is InChI=1S/C19H38O4.C3H6O3/c1-2-3-4-5-6-7-8-9-10-11-12-13-14-15-19(22)23-17-18(21)16-20;1-2(4)3(5)6/h18,20-21H,2-17H2,1H3;2,4H,1H3,(H,5,6). The summed E-state index contributed by atoms with van der Waals surface area (Å²) in [5.74, 6) is -1.46. The fourth-order valence-corrected chi connectivity index (χ4v) is 2.60. The molecule has 0 amide bonds. The molecule has 0 aromatic carbocycles. The maximum atomic E-state index is 11.3. The van der Waals surface area contributed by atoms with Gasteiger partial charge in [0.05, 0.1) is 6.61 Å². The lowest BCUT2D eigenvalue weighted by Crippen LogP contribution is -2.21. The normalized spacial score (nSPS) is 12.6. The second kappa shape index (κ2) is 23.1. The van der Waals surface area contributed by atoms with E-state index in [0.717, 1.165) is 12.8 Å². The van der Waals surface area contributed by atoms with Gasteiger partial charge in [-0.25, -0.2) is 4.79 Å². The van der Waals surface area contributed by atoms with Gasteiger partial charge in [-0.3, -0.25) is 4.79 Å². The van der Waals surface area contributed by atoms with E-state index in [-0.39, 0.29) is 19.2 Å². The first kappa shape index (κ1) is 30.0. The Bertz CT molecular complexity index is 372. The first-order valence-corrected chi connectivity index (χ1v) is 11.2. The molecule has 0 aromatic heterocycles. The molecule has 0 rings (SSSR count). The molecule has 0 spiro atoms. The Hall–Kier alpha value is -1.18. The quantitative estimate of drug-likeness (QED) is 0.196. The van der Waals surface area contributed by atoms with Crippen LogP contribution >= 0.6 is 0 Å². The van der Waals surface area contributed by atoms with Gasteiger partial charge in [0.2, 0.25) is 0 Å². The minimum atomic E-state index is -1.23. The van der Waals surface area contributed by atoms with Crippen LogP contribution < -0.4 is 0 Å². The van der Waals surface area contributed by atoms with Crippen molar-refractivity contribution >= 4 is 11.9 Å². The SMILES string of the molecule is CC(O)C(=O)O.CCCCCCCCCCCCCCCC(=O)OCC(O)CO. The van der Waals surface area contributed by atoms with Gasteiger partial charge in [0, 0.05) is 6.42 Å². The molecule has 0 saturated heterocycles. The molecule has 0 fully saturated rings. The van der Waals surface area contributed by atoms with E-state index in [1.54, 1.807) is 0 Å². The lowest BCUT2D eigenvalue weighted by molar-refractivity contribution is -0.147. The van der Waals surface area contributed by atoms with Crippen molar-refractivity contribution in [3.63, 3.8) is 0 Å². The molecule has 7 nitrogen and oxygen atoms in total. The van der Waals surface area contributed by atoms with E-state index >= 15 is 0 Å². The molecule has 4 N–H and O–H groups in total. The molecule has 0 aromatic rings. The minimum Gasteiger partial charge on any atom is -0.479 e. The summed E-state index contributed by atoms with van der Waals surface area (Å²) in [5.41, 5.74) is 0. The maximum absolute atomic E-state index is 11.3. The summed E-state index contributed by atoms with van der Waals surface area (Å²) in [7, 11) is 0. The fraction of sp³-hybridized carbons (Fsp3) is 0.909. The Labute approximate surface area is 176 Å². The third kappa shape index (κ3) is 26.8. The highest BCUT2D eigenvalue weighted by Crippen LogP contribution is 2.13. The average Bonchev–Trinajstić information content (AvgIpc) is 2.69. The Kier molecular flexibility index (Phi) is 23.9. The summed E-state index contributed by atoms with van der Waals surface area (Å²) in [6.07, 6.45) is 14.9. The number of esters is 1. The van der Waals surface area contributed by atoms with Crippen molar-refractivity contribution in [3.05, 3.63) is 0 Å². The lowest BCUT2D eigenvalue weighted by atomic mass is 10.0. The first-order valence-electron chi connectivity index (χ1n) is 11.2. The van der Waals surface area contributed by atoms with Crippen LogP contribution in [0.1, 0.15) is 104 Å². The molecular weight excluding hydrogens is 376 g/mol. The van der Waals surface area contributed by atoms with E-state index in [1.807, 2.05) is 0 Å². The third-order valence-electron chi connectivity index (χ3n) is 4.49. The van der Waals surface area contributed by atoms with Crippen molar-refractivity contribution in [3.8, 4) is 0 Å². The minimum absolute atomic E-state index is 0.103. The van der Waals surface area contributed by atoms with Gasteiger partial charge < -0.3 is 25.2 Å². The number of aliphatic carboxylic acids is 1. The summed E-state index contributed by atoms with van der Waals surface area (Å²) >= 11 is 0. The van der Waals surface area contributed by atoms with Crippen LogP contribution in [0.25, 0.3) is 0 Å². The molecule has 0 saturated carbocycles. The summed E-state index contributed by atoms with van der Waals surface area (Å²) < 4.78 is 4.85. The van der Waals surface area contributed by atoms with Crippen molar-refractivity contribution in [2.45, 2.75) is 116 Å². The van der Waals surface area contributed by atoms with Gasteiger partial charge in [0.25, 0.3) is 0 Å². The van der Waals surface area contributed by atoms with Gasteiger partial charge >= 0.3 is 11.9 Å². The topological polar surface area (TPSA) is 124 Å². The zero-order chi connectivity index (χ0) is 22.3. The van der Waals surface area contributed by atoms with Crippen LogP contribution in [-0.2, 0) is 14.3 Å². The van der Waals surface area contributed by atoms with Crippen LogP contribution in [0.5, 0.6) is 0 Å². The summed E-state index contributed by atoms with van der Waals surface area (Å²) in [6, 6.07) is 0. The van der Waals surface area contributed by atoms with Crippen molar-refractivity contribution in [1.29, 1.82) is 0 Å². The number of rotatable bonds is 18. The number of carbonyl (C=O) groups excluding carboxylic acids is 1. The van der Waals surface area contributed by atoms with Gasteiger partial charge in [-0.15, -0.1) is 0 Å². The molecule has 2 unspecified atom stereocenters. The molecule has 29 heavy (non-hydrogen) atoms. The molecule has 174 valence electrons. The fourth-order valence-electron chi connectivity index (χ4n) is 2.60. The average molecular weight is 421 g/mol. The summed E-state index contributed by atoms with van der Waals surface area (Å²) in [6.45, 7) is 2.98. The second-order valence-corrected chi connectivity index (χ2v) is 7.53. The highest BCUT2D eigenvalue weighted by Gasteiger charge is 2.07. The smallest absolute Gasteiger partial charge is 0.332 e. The van der Waals surface area contributed by atoms with E-state index in [9.17, 15) is 9.59 Å². The number of hydrogen-bond donors (Lipinski definition) is 4. The van der Waals surface area contributed by atoms with Crippen LogP contribution in [0.3, 0.4) is 0 Å². The van der Waals surface area contributed by atoms with Crippen LogP contribution in [0, 0.1) is 0 Å². The Balaban J connectivity index is 0. The van der Waals surface area contributed by atoms with Gasteiger partial charge in [0.15, 0.2) is 0 Å². The molecule has 0 aliphatic carbocycles. The van der Waals surface area contributed by atoms with E-state index in [1.165, 1.54) is 77.6 Å². The predicted molar refractivity (Wildman–Crippen MR) is 114 cm³/mol. The van der Waals surface area contributed by atoms with Gasteiger partial charge in [-0.1, -0.05) is 84.0 Å². The number of unbranched alkanes of at least 4 members (excludes halogenated alkanes) is 12. The highest BCUT2D eigenvalue weighted by molar-refractivity contribution is 5.71. The number of carbonyl (C=O) groups is 2. The first-order chi connectivity index (χ1) is 13.8. The van der Waals surface area contributed by atoms with E-state index in [0.29, 0.717) is 6.42 Å². The van der Waals surface area contributed by atoms with Crippen LogP contribution in [0.4, 0.5) is 0 Å². The number of ether oxygens (including phenoxy) is 1. The molecule has 0 bridgehead atoms. The molecule has 0 aliphatic rings. The molecule has 7 heteroatoms. The Morgan fingerprint density at radius 2 is 1.17 bits per heavy atom. The lowest BCUT2D eigenvalue weighted by Gasteiger charge is -2.08. The number of aliphatic hydroxyl groups is 3. The van der Waals surface area contributed by atoms with Crippen LogP contribution in [0.2, 0.25) is 0 Å². The summed E-state index contributed by atoms with van der Waals surface area (Å²) in [4.78, 5) is 20.8. The van der Waals surface area contributed by atoms with Crippen molar-refractivity contribution in [1.82, 2.24) is 0 Å². The van der Waals surface area contributed by atoms with Gasteiger partial charge in [-0.2, -0.15) is 0 Å². The predicted octanol–water partition coefficient (Wildman–Crippen LogP) is 3.82. The van der Waals surface area contributed by atoms with E-state index in [2.05, 4.69) is 6.92 Å². The third-order valence-corrected chi connectivity index (χ3v) is 4.49. The van der Waals surface area contributed by atoms with E-state index < -0.39 is 18.2 Å². The summed E-state index contributed by atoms with van der Waals surface area (Å²) in [5, 5.41) is 33.4. The zero-order valence-corrected chi connectivity index (χ0v) is 18.5. The molecule has 0 radical (unpaired) electrons. The monoisotopic (exact) mass is 420 g/mol. The van der Waals surface area contributed by atoms with Crippen molar-refractivity contribution in [2.24, 2.45) is 0 Å². The van der Waals surface area contributed by atoms with Crippen molar-refractivity contribution < 1.29 is 34.8 Å². The number of carboxylic acids is 1. The van der Waals surface area contributed by atoms with Crippen LogP contribution in [0.15, 0.2) is 0 Å². The largest absolute Gasteiger partial charge is 0.479 e.